The van der Waals surface area contributed by atoms with Crippen LogP contribution < -0.4 is 4.90 Å². The van der Waals surface area contributed by atoms with Crippen LogP contribution in [0.5, 0.6) is 0 Å². The molecule has 1 saturated heterocycles. The average Bonchev–Trinajstić information content (AvgIpc) is 3.20. The lowest BCUT2D eigenvalue weighted by Crippen LogP contribution is -2.31. The SMILES string of the molecule is CN(C)c1ccc(C2=CC(=C3C=CC(=[N+](C)C)C=C3)OC(CCCC(=O)ON3C(=O)CCC3=O)=C2)cc1. The molecule has 0 N–H and O–H groups in total. The van der Waals surface area contributed by atoms with Gasteiger partial charge in [-0.15, -0.1) is 5.06 Å². The molecule has 37 heavy (non-hydrogen) atoms. The van der Waals surface area contributed by atoms with Crippen LogP contribution in [-0.4, -0.2) is 61.3 Å². The second-order valence-corrected chi connectivity index (χ2v) is 9.46. The third-order valence-corrected chi connectivity index (χ3v) is 6.23. The lowest BCUT2D eigenvalue weighted by molar-refractivity contribution is -0.462. The molecule has 1 aromatic carbocycles. The Balaban J connectivity index is 1.51. The van der Waals surface area contributed by atoms with Crippen molar-refractivity contribution in [2.24, 2.45) is 0 Å². The Morgan fingerprint density at radius 1 is 1.00 bits per heavy atom. The second-order valence-electron chi connectivity index (χ2n) is 9.46. The third kappa shape index (κ3) is 6.33. The van der Waals surface area contributed by atoms with Crippen molar-refractivity contribution >= 4 is 34.8 Å². The normalized spacial score (nSPS) is 17.1. The van der Waals surface area contributed by atoms with Crippen molar-refractivity contribution in [2.75, 3.05) is 33.1 Å². The summed E-state index contributed by atoms with van der Waals surface area (Å²) < 4.78 is 8.28. The van der Waals surface area contributed by atoms with Gasteiger partial charge >= 0.3 is 5.97 Å². The van der Waals surface area contributed by atoms with Gasteiger partial charge in [-0.2, -0.15) is 0 Å². The Hall–Kier alpha value is -4.20. The molecule has 1 aromatic rings. The molecule has 4 rings (SSSR count). The predicted octanol–water partition coefficient (Wildman–Crippen LogP) is 3.92. The van der Waals surface area contributed by atoms with E-state index in [9.17, 15) is 14.4 Å². The molecule has 0 unspecified atom stereocenters. The van der Waals surface area contributed by atoms with Gasteiger partial charge in [-0.1, -0.05) is 12.1 Å². The summed E-state index contributed by atoms with van der Waals surface area (Å²) >= 11 is 0. The van der Waals surface area contributed by atoms with Gasteiger partial charge in [0.05, 0.1) is 0 Å². The molecule has 0 atom stereocenters. The van der Waals surface area contributed by atoms with Crippen molar-refractivity contribution in [3.63, 3.8) is 0 Å². The molecule has 0 bridgehead atoms. The van der Waals surface area contributed by atoms with Crippen LogP contribution >= 0.6 is 0 Å². The third-order valence-electron chi connectivity index (χ3n) is 6.23. The van der Waals surface area contributed by atoms with Gasteiger partial charge in [-0.05, 0) is 54.0 Å². The Morgan fingerprint density at radius 3 is 2.24 bits per heavy atom. The molecule has 2 amide bonds. The Bertz CT molecular complexity index is 1260. The van der Waals surface area contributed by atoms with E-state index in [4.69, 9.17) is 9.57 Å². The van der Waals surface area contributed by atoms with E-state index in [0.29, 0.717) is 17.9 Å². The number of ether oxygens (including phenoxy) is 1. The summed E-state index contributed by atoms with van der Waals surface area (Å²) in [5.41, 5.74) is 5.21. The topological polar surface area (TPSA) is 79.2 Å². The maximum atomic E-state index is 12.2. The highest BCUT2D eigenvalue weighted by Crippen LogP contribution is 2.32. The molecule has 8 nitrogen and oxygen atoms in total. The molecule has 3 aliphatic rings. The van der Waals surface area contributed by atoms with Crippen LogP contribution in [0.2, 0.25) is 0 Å². The molecule has 0 aromatic heterocycles. The molecule has 2 aliphatic heterocycles. The number of allylic oxidation sites excluding steroid dienone is 9. The van der Waals surface area contributed by atoms with Crippen LogP contribution in [0, 0.1) is 0 Å². The van der Waals surface area contributed by atoms with E-state index < -0.39 is 17.8 Å². The minimum Gasteiger partial charge on any atom is -0.461 e. The van der Waals surface area contributed by atoms with Crippen LogP contribution in [-0.2, 0) is 24.0 Å². The first-order valence-electron chi connectivity index (χ1n) is 12.3. The van der Waals surface area contributed by atoms with Crippen LogP contribution in [0.25, 0.3) is 5.57 Å². The molecule has 2 heterocycles. The fourth-order valence-corrected chi connectivity index (χ4v) is 4.08. The summed E-state index contributed by atoms with van der Waals surface area (Å²) in [6.07, 6.45) is 13.3. The number of hydrogen-bond acceptors (Lipinski definition) is 6. The lowest BCUT2D eigenvalue weighted by atomic mass is 9.98. The van der Waals surface area contributed by atoms with E-state index in [1.165, 1.54) is 0 Å². The standard InChI is InChI=1S/C29H32N3O5/c1-30(2)23-12-8-20(9-13-23)22-18-25(6-5-7-29(35)37-32-27(33)16-17-28(32)34)36-26(19-22)21-10-14-24(15-11-21)31(3)4/h8-15,18-19H,5-7,16-17H2,1-4H3/q+1. The van der Waals surface area contributed by atoms with Crippen LogP contribution in [0.4, 0.5) is 5.69 Å². The van der Waals surface area contributed by atoms with Crippen molar-refractivity contribution in [3.8, 4) is 0 Å². The summed E-state index contributed by atoms with van der Waals surface area (Å²) in [7, 11) is 8.00. The van der Waals surface area contributed by atoms with Gasteiger partial charge in [-0.25, -0.2) is 9.37 Å². The Labute approximate surface area is 217 Å². The van der Waals surface area contributed by atoms with Crippen molar-refractivity contribution in [1.82, 2.24) is 5.06 Å². The molecule has 1 fully saturated rings. The van der Waals surface area contributed by atoms with E-state index in [0.717, 1.165) is 39.6 Å². The van der Waals surface area contributed by atoms with Crippen LogP contribution in [0.15, 0.2) is 77.8 Å². The van der Waals surface area contributed by atoms with Crippen LogP contribution in [0.3, 0.4) is 0 Å². The number of imide groups is 1. The van der Waals surface area contributed by atoms with E-state index >= 15 is 0 Å². The van der Waals surface area contributed by atoms with Gasteiger partial charge in [0.2, 0.25) is 0 Å². The Morgan fingerprint density at radius 2 is 1.65 bits per heavy atom. The molecule has 1 aliphatic carbocycles. The summed E-state index contributed by atoms with van der Waals surface area (Å²) in [6, 6.07) is 8.30. The molecular formula is C29H32N3O5+. The highest BCUT2D eigenvalue weighted by Gasteiger charge is 2.32. The van der Waals surface area contributed by atoms with Gasteiger partial charge in [0.25, 0.3) is 11.8 Å². The number of carbonyl (C=O) groups excluding carboxylic acids is 3. The van der Waals surface area contributed by atoms with E-state index in [2.05, 4.69) is 29.2 Å². The first-order chi connectivity index (χ1) is 17.7. The number of carbonyl (C=O) groups is 3. The number of hydroxylamine groups is 2. The number of hydrogen-bond donors (Lipinski definition) is 0. The maximum Gasteiger partial charge on any atom is 0.333 e. The van der Waals surface area contributed by atoms with Crippen molar-refractivity contribution in [3.05, 3.63) is 83.4 Å². The van der Waals surface area contributed by atoms with E-state index in [-0.39, 0.29) is 19.3 Å². The maximum absolute atomic E-state index is 12.2. The van der Waals surface area contributed by atoms with Gasteiger partial charge in [-0.3, -0.25) is 9.59 Å². The predicted molar refractivity (Wildman–Crippen MR) is 141 cm³/mol. The largest absolute Gasteiger partial charge is 0.461 e. The van der Waals surface area contributed by atoms with Crippen LogP contribution in [0.1, 0.15) is 37.7 Å². The van der Waals surface area contributed by atoms with Crippen molar-refractivity contribution in [2.45, 2.75) is 32.1 Å². The molecule has 192 valence electrons. The Kier molecular flexibility index (Phi) is 7.86. The zero-order valence-electron chi connectivity index (χ0n) is 21.7. The van der Waals surface area contributed by atoms with Gasteiger partial charge in [0.15, 0.2) is 5.71 Å². The number of rotatable bonds is 7. The molecule has 0 radical (unpaired) electrons. The number of benzene rings is 1. The quantitative estimate of drug-likeness (QED) is 0.415. The highest BCUT2D eigenvalue weighted by molar-refractivity contribution is 6.02. The molecule has 0 saturated carbocycles. The minimum absolute atomic E-state index is 0.0568. The minimum atomic E-state index is -0.612. The first kappa shape index (κ1) is 25.9. The molecular weight excluding hydrogens is 470 g/mol. The average molecular weight is 503 g/mol. The smallest absolute Gasteiger partial charge is 0.333 e. The number of amides is 2. The zero-order valence-corrected chi connectivity index (χ0v) is 21.7. The number of anilines is 1. The van der Waals surface area contributed by atoms with Crippen molar-refractivity contribution in [1.29, 1.82) is 0 Å². The fraction of sp³-hybridized carbons (Fsp3) is 0.310. The first-order valence-corrected chi connectivity index (χ1v) is 12.3. The van der Waals surface area contributed by atoms with Gasteiger partial charge < -0.3 is 14.5 Å². The molecule has 8 heteroatoms. The molecule has 0 spiro atoms. The van der Waals surface area contributed by atoms with Gasteiger partial charge in [0, 0.05) is 63.2 Å². The van der Waals surface area contributed by atoms with E-state index in [1.54, 1.807) is 0 Å². The summed E-state index contributed by atoms with van der Waals surface area (Å²) in [5.74, 6) is -0.122. The highest BCUT2D eigenvalue weighted by atomic mass is 16.7. The van der Waals surface area contributed by atoms with E-state index in [1.807, 2.05) is 69.2 Å². The fourth-order valence-electron chi connectivity index (χ4n) is 4.08. The number of nitrogens with zero attached hydrogens (tertiary/aromatic N) is 3. The summed E-state index contributed by atoms with van der Waals surface area (Å²) in [4.78, 5) is 42.6. The summed E-state index contributed by atoms with van der Waals surface area (Å²) in [5, 5.41) is 0.584. The summed E-state index contributed by atoms with van der Waals surface area (Å²) in [6.45, 7) is 0. The lowest BCUT2D eigenvalue weighted by Gasteiger charge is -2.21. The second kappa shape index (κ2) is 11.2. The van der Waals surface area contributed by atoms with Gasteiger partial charge in [0.1, 0.15) is 25.6 Å². The zero-order chi connectivity index (χ0) is 26.5. The van der Waals surface area contributed by atoms with Crippen molar-refractivity contribution < 1.29 is 28.5 Å². The monoisotopic (exact) mass is 502 g/mol.